The zero-order chi connectivity index (χ0) is 15.6. The Labute approximate surface area is 118 Å². The Balaban J connectivity index is 2.39. The molecule has 0 atom stereocenters. The molecule has 0 spiro atoms. The van der Waals surface area contributed by atoms with E-state index >= 15 is 0 Å². The van der Waals surface area contributed by atoms with Crippen molar-refractivity contribution in [1.29, 1.82) is 0 Å². The molecule has 8 heteroatoms. The van der Waals surface area contributed by atoms with Gasteiger partial charge in [0.15, 0.2) is 0 Å². The number of nitrogens with one attached hydrogen (secondary N) is 1. The number of nitro groups is 1. The van der Waals surface area contributed by atoms with Crippen LogP contribution in [-0.4, -0.2) is 21.5 Å². The summed E-state index contributed by atoms with van der Waals surface area (Å²) >= 11 is 0. The minimum Gasteiger partial charge on any atom is -0.480 e. The Bertz CT molecular complexity index is 571. The third kappa shape index (κ3) is 2.93. The van der Waals surface area contributed by atoms with Gasteiger partial charge in [-0.15, -0.1) is 0 Å². The molecule has 0 radical (unpaired) electrons. The summed E-state index contributed by atoms with van der Waals surface area (Å²) in [5.41, 5.74) is -2.36. The molecule has 2 rings (SSSR count). The molecule has 114 valence electrons. The van der Waals surface area contributed by atoms with Crippen LogP contribution in [0.1, 0.15) is 37.7 Å². The summed E-state index contributed by atoms with van der Waals surface area (Å²) in [5, 5.41) is 22.7. The Hall–Kier alpha value is -2.25. The highest BCUT2D eigenvalue weighted by molar-refractivity contribution is 5.83. The van der Waals surface area contributed by atoms with E-state index in [1.54, 1.807) is 0 Å². The van der Waals surface area contributed by atoms with Crippen LogP contribution in [0.4, 0.5) is 20.2 Å². The van der Waals surface area contributed by atoms with Crippen LogP contribution >= 0.6 is 0 Å². The van der Waals surface area contributed by atoms with E-state index in [-0.39, 0.29) is 5.69 Å². The molecule has 1 aliphatic carbocycles. The molecule has 2 N–H and O–H groups in total. The maximum atomic E-state index is 13.1. The first-order valence-corrected chi connectivity index (χ1v) is 6.44. The molecule has 0 saturated heterocycles. The predicted octanol–water partition coefficient (Wildman–Crippen LogP) is 3.34. The van der Waals surface area contributed by atoms with Crippen molar-refractivity contribution >= 4 is 17.3 Å². The van der Waals surface area contributed by atoms with E-state index in [4.69, 9.17) is 0 Å². The number of rotatable bonds is 5. The number of benzene rings is 1. The Kier molecular flexibility index (Phi) is 4.06. The second-order valence-electron chi connectivity index (χ2n) is 5.05. The number of aliphatic carboxylic acids is 1. The van der Waals surface area contributed by atoms with E-state index in [1.165, 1.54) is 0 Å². The average Bonchev–Trinajstić information content (AvgIpc) is 2.88. The van der Waals surface area contributed by atoms with Gasteiger partial charge in [-0.05, 0) is 18.9 Å². The van der Waals surface area contributed by atoms with Crippen molar-refractivity contribution in [3.05, 3.63) is 33.9 Å². The fraction of sp³-hybridized carbons (Fsp3) is 0.462. The van der Waals surface area contributed by atoms with Gasteiger partial charge in [-0.1, -0.05) is 12.8 Å². The number of anilines is 1. The lowest BCUT2D eigenvalue weighted by Crippen LogP contribution is -2.43. The predicted molar refractivity (Wildman–Crippen MR) is 70.5 cm³/mol. The maximum Gasteiger partial charge on any atom is 0.329 e. The van der Waals surface area contributed by atoms with Crippen molar-refractivity contribution in [2.24, 2.45) is 0 Å². The van der Waals surface area contributed by atoms with Crippen LogP contribution in [-0.2, 0) is 4.79 Å². The molecule has 21 heavy (non-hydrogen) atoms. The number of non-ortho nitro benzene ring substituents is 1. The number of hydrogen-bond acceptors (Lipinski definition) is 4. The molecular formula is C13H14F2N2O4. The third-order valence-electron chi connectivity index (χ3n) is 3.72. The highest BCUT2D eigenvalue weighted by atomic mass is 19.3. The second-order valence-corrected chi connectivity index (χ2v) is 5.05. The summed E-state index contributed by atoms with van der Waals surface area (Å²) < 4.78 is 26.1. The van der Waals surface area contributed by atoms with E-state index in [0.717, 1.165) is 18.2 Å². The summed E-state index contributed by atoms with van der Waals surface area (Å²) in [4.78, 5) is 21.3. The largest absolute Gasteiger partial charge is 0.480 e. The summed E-state index contributed by atoms with van der Waals surface area (Å²) in [7, 11) is 0. The highest BCUT2D eigenvalue weighted by Gasteiger charge is 2.42. The number of carbonyl (C=O) groups is 1. The van der Waals surface area contributed by atoms with Crippen molar-refractivity contribution in [1.82, 2.24) is 0 Å². The minimum atomic E-state index is -2.93. The van der Waals surface area contributed by atoms with E-state index in [1.807, 2.05) is 0 Å². The molecule has 0 unspecified atom stereocenters. The lowest BCUT2D eigenvalue weighted by Gasteiger charge is -2.27. The molecule has 1 aromatic carbocycles. The van der Waals surface area contributed by atoms with E-state index in [9.17, 15) is 28.8 Å². The number of nitrogens with zero attached hydrogens (tertiary/aromatic N) is 1. The number of hydrogen-bond donors (Lipinski definition) is 2. The Morgan fingerprint density at radius 2 is 2.00 bits per heavy atom. The highest BCUT2D eigenvalue weighted by Crippen LogP contribution is 2.37. The molecule has 0 heterocycles. The molecule has 6 nitrogen and oxygen atoms in total. The smallest absolute Gasteiger partial charge is 0.329 e. The number of halogens is 2. The summed E-state index contributed by atoms with van der Waals surface area (Å²) in [6.45, 7) is 0. The molecule has 0 bridgehead atoms. The van der Waals surface area contributed by atoms with Crippen LogP contribution in [0.25, 0.3) is 0 Å². The van der Waals surface area contributed by atoms with Gasteiger partial charge in [0.05, 0.1) is 4.92 Å². The first-order valence-electron chi connectivity index (χ1n) is 6.44. The van der Waals surface area contributed by atoms with Crippen LogP contribution < -0.4 is 5.32 Å². The fourth-order valence-corrected chi connectivity index (χ4v) is 2.59. The average molecular weight is 300 g/mol. The van der Waals surface area contributed by atoms with Gasteiger partial charge in [0.25, 0.3) is 12.1 Å². The first kappa shape index (κ1) is 15.1. The van der Waals surface area contributed by atoms with Crippen molar-refractivity contribution in [2.75, 3.05) is 5.32 Å². The number of carboxylic acids is 1. The van der Waals surface area contributed by atoms with Gasteiger partial charge in [0, 0.05) is 23.4 Å². The zero-order valence-corrected chi connectivity index (χ0v) is 11.0. The van der Waals surface area contributed by atoms with Crippen molar-refractivity contribution in [3.8, 4) is 0 Å². The van der Waals surface area contributed by atoms with Crippen molar-refractivity contribution in [3.63, 3.8) is 0 Å². The van der Waals surface area contributed by atoms with Crippen LogP contribution in [0.5, 0.6) is 0 Å². The molecule has 1 aromatic rings. The minimum absolute atomic E-state index is 0.0695. The quantitative estimate of drug-likeness (QED) is 0.642. The lowest BCUT2D eigenvalue weighted by molar-refractivity contribution is -0.385. The van der Waals surface area contributed by atoms with E-state index < -0.39 is 34.1 Å². The third-order valence-corrected chi connectivity index (χ3v) is 3.72. The first-order chi connectivity index (χ1) is 9.85. The normalized spacial score (nSPS) is 16.9. The zero-order valence-electron chi connectivity index (χ0n) is 11.0. The number of carboxylic acid groups (broad SMARTS) is 1. The van der Waals surface area contributed by atoms with Crippen molar-refractivity contribution in [2.45, 2.75) is 37.6 Å². The second kappa shape index (κ2) is 5.63. The van der Waals surface area contributed by atoms with E-state index in [0.29, 0.717) is 25.7 Å². The van der Waals surface area contributed by atoms with Crippen LogP contribution in [0.15, 0.2) is 18.2 Å². The topological polar surface area (TPSA) is 92.5 Å². The maximum absolute atomic E-state index is 13.1. The lowest BCUT2D eigenvalue weighted by atomic mass is 9.96. The Morgan fingerprint density at radius 3 is 2.48 bits per heavy atom. The molecule has 0 aromatic heterocycles. The van der Waals surface area contributed by atoms with Crippen LogP contribution in [0.3, 0.4) is 0 Å². The molecule has 1 aliphatic rings. The molecular weight excluding hydrogens is 286 g/mol. The van der Waals surface area contributed by atoms with Crippen LogP contribution in [0, 0.1) is 10.1 Å². The monoisotopic (exact) mass is 300 g/mol. The fourth-order valence-electron chi connectivity index (χ4n) is 2.59. The molecule has 0 aliphatic heterocycles. The van der Waals surface area contributed by atoms with Crippen molar-refractivity contribution < 1.29 is 23.6 Å². The van der Waals surface area contributed by atoms with Gasteiger partial charge in [0.2, 0.25) is 0 Å². The summed E-state index contributed by atoms with van der Waals surface area (Å²) in [6.07, 6.45) is -0.879. The SMILES string of the molecule is O=C(O)C1(Nc2ccc([N+](=O)[O-])cc2C(F)F)CCCC1. The molecule has 1 fully saturated rings. The standard InChI is InChI=1S/C13H14F2N2O4/c14-11(15)9-7-8(17(20)21)3-4-10(9)16-13(12(18)19)5-1-2-6-13/h3-4,7,11,16H,1-2,5-6H2,(H,18,19). The van der Waals surface area contributed by atoms with Crippen LogP contribution in [0.2, 0.25) is 0 Å². The van der Waals surface area contributed by atoms with Gasteiger partial charge in [-0.25, -0.2) is 13.6 Å². The van der Waals surface area contributed by atoms with Gasteiger partial charge in [-0.3, -0.25) is 10.1 Å². The van der Waals surface area contributed by atoms with E-state index in [2.05, 4.69) is 5.32 Å². The number of alkyl halides is 2. The van der Waals surface area contributed by atoms with Gasteiger partial charge >= 0.3 is 5.97 Å². The van der Waals surface area contributed by atoms with Gasteiger partial charge < -0.3 is 10.4 Å². The van der Waals surface area contributed by atoms with Gasteiger partial charge in [-0.2, -0.15) is 0 Å². The number of nitro benzene ring substituents is 1. The molecule has 1 saturated carbocycles. The van der Waals surface area contributed by atoms with Gasteiger partial charge in [0.1, 0.15) is 5.54 Å². The Morgan fingerprint density at radius 1 is 1.38 bits per heavy atom. The molecule has 0 amide bonds. The summed E-state index contributed by atoms with van der Waals surface area (Å²) in [5.74, 6) is -1.10. The summed E-state index contributed by atoms with van der Waals surface area (Å²) in [6, 6.07) is 3.00.